The topological polar surface area (TPSA) is 94.9 Å². The van der Waals surface area contributed by atoms with Gasteiger partial charge < -0.3 is 10.2 Å². The van der Waals surface area contributed by atoms with Crippen LogP contribution in [0.4, 0.5) is 4.39 Å². The Labute approximate surface area is 119 Å². The fraction of sp³-hybridized carbons (Fsp3) is 0.364. The van der Waals surface area contributed by atoms with E-state index in [-0.39, 0.29) is 13.1 Å². The summed E-state index contributed by atoms with van der Waals surface area (Å²) in [7, 11) is -4.06. The molecule has 20 heavy (non-hydrogen) atoms. The van der Waals surface area contributed by atoms with Crippen LogP contribution in [0.1, 0.15) is 17.3 Å². The highest BCUT2D eigenvalue weighted by molar-refractivity contribution is 7.89. The molecular weight excluding hydrogens is 313 g/mol. The third-order valence-electron chi connectivity index (χ3n) is 2.90. The first-order chi connectivity index (χ1) is 9.04. The predicted molar refractivity (Wildman–Crippen MR) is 67.8 cm³/mol. The smallest absolute Gasteiger partial charge is 0.337 e. The Hall–Kier alpha value is -1.22. The van der Waals surface area contributed by atoms with Crippen molar-refractivity contribution in [1.82, 2.24) is 4.31 Å². The monoisotopic (exact) mass is 323 g/mol. The summed E-state index contributed by atoms with van der Waals surface area (Å²) in [6.07, 6.45) is 0. The van der Waals surface area contributed by atoms with Gasteiger partial charge in [-0.25, -0.2) is 17.6 Å². The number of sulfonamides is 1. The minimum atomic E-state index is -4.06. The van der Waals surface area contributed by atoms with E-state index < -0.39 is 42.9 Å². The molecule has 2 rings (SSSR count). The standard InChI is InChI=1S/C11H11ClFNO5S/c1-11(17)4-14(5-11)20(18,19)6-2-7(10(15)16)9(12)8(13)3-6/h2-3,17H,4-5H2,1H3,(H,15,16). The minimum Gasteiger partial charge on any atom is -0.478 e. The van der Waals surface area contributed by atoms with Gasteiger partial charge >= 0.3 is 5.97 Å². The van der Waals surface area contributed by atoms with Crippen LogP contribution in [-0.2, 0) is 10.0 Å². The Kier molecular flexibility index (Phi) is 3.53. The second-order valence-electron chi connectivity index (χ2n) is 4.84. The largest absolute Gasteiger partial charge is 0.478 e. The molecule has 0 saturated carbocycles. The Morgan fingerprint density at radius 2 is 2.00 bits per heavy atom. The second kappa shape index (κ2) is 4.66. The number of hydrogen-bond donors (Lipinski definition) is 2. The molecule has 1 aliphatic rings. The molecule has 0 spiro atoms. The van der Waals surface area contributed by atoms with Gasteiger partial charge in [0, 0.05) is 13.1 Å². The van der Waals surface area contributed by atoms with Crippen LogP contribution >= 0.6 is 11.6 Å². The number of nitrogens with zero attached hydrogens (tertiary/aromatic N) is 1. The maximum Gasteiger partial charge on any atom is 0.337 e. The molecule has 1 saturated heterocycles. The Bertz CT molecular complexity index is 680. The van der Waals surface area contributed by atoms with E-state index in [1.54, 1.807) is 0 Å². The van der Waals surface area contributed by atoms with E-state index in [1.807, 2.05) is 0 Å². The average molecular weight is 324 g/mol. The van der Waals surface area contributed by atoms with Crippen LogP contribution in [0.15, 0.2) is 17.0 Å². The molecule has 1 heterocycles. The predicted octanol–water partition coefficient (Wildman–Crippen LogP) is 0.933. The number of carboxylic acids is 1. The number of carbonyl (C=O) groups is 1. The van der Waals surface area contributed by atoms with Gasteiger partial charge in [-0.2, -0.15) is 4.31 Å². The SMILES string of the molecule is CC1(O)CN(S(=O)(=O)c2cc(F)c(Cl)c(C(=O)O)c2)C1. The summed E-state index contributed by atoms with van der Waals surface area (Å²) in [5.74, 6) is -2.65. The fourth-order valence-electron chi connectivity index (χ4n) is 1.90. The number of β-amino-alcohol motifs (C(OH)–C–C–N with tert-alkyl or cyclic N) is 1. The summed E-state index contributed by atoms with van der Waals surface area (Å²) in [5, 5.41) is 17.8. The lowest BCUT2D eigenvalue weighted by Crippen LogP contribution is -2.61. The summed E-state index contributed by atoms with van der Waals surface area (Å²) in [4.78, 5) is 10.4. The number of benzene rings is 1. The molecule has 0 unspecified atom stereocenters. The van der Waals surface area contributed by atoms with Crippen molar-refractivity contribution >= 4 is 27.6 Å². The van der Waals surface area contributed by atoms with Gasteiger partial charge in [-0.1, -0.05) is 11.6 Å². The van der Waals surface area contributed by atoms with E-state index in [4.69, 9.17) is 16.7 Å². The van der Waals surface area contributed by atoms with Crippen molar-refractivity contribution in [3.8, 4) is 0 Å². The number of carboxylic acid groups (broad SMARTS) is 1. The first kappa shape index (κ1) is 15.2. The van der Waals surface area contributed by atoms with Crippen molar-refractivity contribution in [3.05, 3.63) is 28.5 Å². The minimum absolute atomic E-state index is 0.137. The highest BCUT2D eigenvalue weighted by Gasteiger charge is 2.44. The number of rotatable bonds is 3. The van der Waals surface area contributed by atoms with Crippen molar-refractivity contribution in [1.29, 1.82) is 0 Å². The van der Waals surface area contributed by atoms with Gasteiger partial charge in [0.25, 0.3) is 0 Å². The van der Waals surface area contributed by atoms with Crippen molar-refractivity contribution in [2.45, 2.75) is 17.4 Å². The first-order valence-electron chi connectivity index (χ1n) is 5.49. The Morgan fingerprint density at radius 1 is 1.45 bits per heavy atom. The third-order valence-corrected chi connectivity index (χ3v) is 5.06. The van der Waals surface area contributed by atoms with Crippen LogP contribution in [0, 0.1) is 5.82 Å². The zero-order valence-electron chi connectivity index (χ0n) is 10.3. The summed E-state index contributed by atoms with van der Waals surface area (Å²) < 4.78 is 38.8. The van der Waals surface area contributed by atoms with Crippen LogP contribution in [0.3, 0.4) is 0 Å². The van der Waals surface area contributed by atoms with Gasteiger partial charge in [0.2, 0.25) is 10.0 Å². The van der Waals surface area contributed by atoms with Crippen molar-refractivity contribution in [3.63, 3.8) is 0 Å². The molecule has 1 aromatic rings. The maximum absolute atomic E-state index is 13.5. The summed E-state index contributed by atoms with van der Waals surface area (Å²) in [5.41, 5.74) is -1.76. The average Bonchev–Trinajstić information content (AvgIpc) is 2.28. The van der Waals surface area contributed by atoms with Crippen molar-refractivity contribution < 1.29 is 27.8 Å². The molecule has 0 amide bonds. The summed E-state index contributed by atoms with van der Waals surface area (Å²) in [6.45, 7) is 1.19. The van der Waals surface area contributed by atoms with Gasteiger partial charge in [-0.15, -0.1) is 0 Å². The van der Waals surface area contributed by atoms with Crippen molar-refractivity contribution in [2.75, 3.05) is 13.1 Å². The number of halogens is 2. The zero-order valence-corrected chi connectivity index (χ0v) is 11.9. The summed E-state index contributed by atoms with van der Waals surface area (Å²) >= 11 is 5.48. The highest BCUT2D eigenvalue weighted by atomic mass is 35.5. The molecule has 9 heteroatoms. The van der Waals surface area contributed by atoms with E-state index in [2.05, 4.69) is 0 Å². The van der Waals surface area contributed by atoms with Gasteiger partial charge in [0.05, 0.1) is 21.1 Å². The number of aromatic carboxylic acids is 1. The highest BCUT2D eigenvalue weighted by Crippen LogP contribution is 2.30. The molecule has 1 aromatic carbocycles. The van der Waals surface area contributed by atoms with E-state index in [0.717, 1.165) is 10.4 Å². The van der Waals surface area contributed by atoms with E-state index >= 15 is 0 Å². The van der Waals surface area contributed by atoms with Crippen LogP contribution in [0.5, 0.6) is 0 Å². The first-order valence-corrected chi connectivity index (χ1v) is 7.31. The molecule has 6 nitrogen and oxygen atoms in total. The molecule has 1 aliphatic heterocycles. The third kappa shape index (κ3) is 2.51. The molecule has 0 aliphatic carbocycles. The van der Waals surface area contributed by atoms with Gasteiger partial charge in [0.1, 0.15) is 5.82 Å². The molecular formula is C11H11ClFNO5S. The lowest BCUT2D eigenvalue weighted by Gasteiger charge is -2.42. The maximum atomic E-state index is 13.5. The normalized spacial score (nSPS) is 18.6. The van der Waals surface area contributed by atoms with Crippen LogP contribution in [0.2, 0.25) is 5.02 Å². The Morgan fingerprint density at radius 3 is 2.45 bits per heavy atom. The van der Waals surface area contributed by atoms with Crippen LogP contribution < -0.4 is 0 Å². The van der Waals surface area contributed by atoms with E-state index in [0.29, 0.717) is 6.07 Å². The van der Waals surface area contributed by atoms with Gasteiger partial charge in [0.15, 0.2) is 0 Å². The molecule has 0 aromatic heterocycles. The van der Waals surface area contributed by atoms with Gasteiger partial charge in [-0.3, -0.25) is 0 Å². The second-order valence-corrected chi connectivity index (χ2v) is 7.16. The molecule has 0 bridgehead atoms. The molecule has 1 fully saturated rings. The van der Waals surface area contributed by atoms with Crippen LogP contribution in [0.25, 0.3) is 0 Å². The lowest BCUT2D eigenvalue weighted by molar-refractivity contribution is -0.0426. The quantitative estimate of drug-likeness (QED) is 0.863. The molecule has 0 atom stereocenters. The zero-order chi connectivity index (χ0) is 15.3. The lowest BCUT2D eigenvalue weighted by atomic mass is 10.0. The van der Waals surface area contributed by atoms with Crippen molar-refractivity contribution in [2.24, 2.45) is 0 Å². The molecule has 110 valence electrons. The summed E-state index contributed by atoms with van der Waals surface area (Å²) in [6, 6.07) is 1.47. The van der Waals surface area contributed by atoms with E-state index in [9.17, 15) is 22.7 Å². The number of hydrogen-bond acceptors (Lipinski definition) is 4. The fourth-order valence-corrected chi connectivity index (χ4v) is 3.80. The van der Waals surface area contributed by atoms with Gasteiger partial charge in [-0.05, 0) is 19.1 Å². The molecule has 2 N–H and O–H groups in total. The van der Waals surface area contributed by atoms with Crippen LogP contribution in [-0.4, -0.2) is 47.6 Å². The van der Waals surface area contributed by atoms with E-state index in [1.165, 1.54) is 6.92 Å². The number of aliphatic hydroxyl groups is 1. The molecule has 0 radical (unpaired) electrons. The Balaban J connectivity index is 2.46.